The topological polar surface area (TPSA) is 63.6 Å². The Hall–Kier alpha value is -1.42. The molecule has 6 atom stereocenters. The van der Waals surface area contributed by atoms with Gasteiger partial charge in [-0.15, -0.1) is 0 Å². The first kappa shape index (κ1) is 19.3. The van der Waals surface area contributed by atoms with Crippen molar-refractivity contribution in [2.45, 2.75) is 72.5 Å². The molecule has 144 valence electrons. The number of aliphatic hydroxyl groups excluding tert-OH is 1. The summed E-state index contributed by atoms with van der Waals surface area (Å²) in [6, 6.07) is 0. The van der Waals surface area contributed by atoms with Crippen LogP contribution in [0.5, 0.6) is 0 Å². The fourth-order valence-corrected chi connectivity index (χ4v) is 5.38. The monoisotopic (exact) mass is 360 g/mol. The third kappa shape index (κ3) is 2.96. The van der Waals surface area contributed by atoms with E-state index < -0.39 is 23.6 Å². The quantitative estimate of drug-likeness (QED) is 0.570. The number of Topliss-reactive ketones (excluding diaryl/α,β-unsaturated/α-hetero) is 1. The van der Waals surface area contributed by atoms with Crippen LogP contribution in [0.25, 0.3) is 0 Å². The van der Waals surface area contributed by atoms with E-state index in [1.165, 1.54) is 6.92 Å². The van der Waals surface area contributed by atoms with E-state index in [-0.39, 0.29) is 17.1 Å². The second kappa shape index (κ2) is 6.33. The van der Waals surface area contributed by atoms with Crippen molar-refractivity contribution in [3.63, 3.8) is 0 Å². The fraction of sp³-hybridized carbons (Fsp3) is 0.727. The molecule has 0 aromatic rings. The molecule has 4 heteroatoms. The fourth-order valence-electron chi connectivity index (χ4n) is 5.38. The number of esters is 1. The van der Waals surface area contributed by atoms with Crippen molar-refractivity contribution in [2.24, 2.45) is 29.1 Å². The van der Waals surface area contributed by atoms with E-state index in [4.69, 9.17) is 4.74 Å². The maximum Gasteiger partial charge on any atom is 0.303 e. The smallest absolute Gasteiger partial charge is 0.303 e. The molecular weight excluding hydrogens is 328 g/mol. The van der Waals surface area contributed by atoms with Gasteiger partial charge in [0.15, 0.2) is 5.60 Å². The molecule has 0 radical (unpaired) electrons. The van der Waals surface area contributed by atoms with Crippen molar-refractivity contribution in [1.29, 1.82) is 0 Å². The highest BCUT2D eigenvalue weighted by atomic mass is 16.6. The summed E-state index contributed by atoms with van der Waals surface area (Å²) in [5.41, 5.74) is 0.739. The van der Waals surface area contributed by atoms with E-state index in [2.05, 4.69) is 26.8 Å². The molecule has 0 heterocycles. The molecule has 3 rings (SSSR count). The Kier molecular flexibility index (Phi) is 4.71. The Balaban J connectivity index is 2.11. The first-order chi connectivity index (χ1) is 12.0. The molecule has 0 amide bonds. The summed E-state index contributed by atoms with van der Waals surface area (Å²) in [5.74, 6) is -0.251. The van der Waals surface area contributed by atoms with Crippen LogP contribution in [0.3, 0.4) is 0 Å². The van der Waals surface area contributed by atoms with Gasteiger partial charge in [-0.05, 0) is 55.4 Å². The number of rotatable bonds is 1. The number of aliphatic hydroxyl groups is 1. The highest BCUT2D eigenvalue weighted by molar-refractivity contribution is 6.03. The summed E-state index contributed by atoms with van der Waals surface area (Å²) in [6.45, 7) is 11.7. The SMILES string of the molecule is CC(=O)OC12CC(C)C(O)C1C=C(C)CCC1C(C=C(C)C2=O)C1(C)C. The van der Waals surface area contributed by atoms with Crippen LogP contribution in [0.4, 0.5) is 0 Å². The lowest BCUT2D eigenvalue weighted by atomic mass is 9.81. The molecule has 2 saturated carbocycles. The Morgan fingerprint density at radius 2 is 1.88 bits per heavy atom. The number of carbonyl (C=O) groups is 2. The molecule has 2 fully saturated rings. The highest BCUT2D eigenvalue weighted by Crippen LogP contribution is 2.62. The first-order valence-corrected chi connectivity index (χ1v) is 9.79. The van der Waals surface area contributed by atoms with Gasteiger partial charge in [0.1, 0.15) is 0 Å². The second-order valence-corrected chi connectivity index (χ2v) is 9.37. The number of ketones is 1. The minimum absolute atomic E-state index is 0.104. The number of carbonyl (C=O) groups excluding carboxylic acids is 2. The molecule has 1 N–H and O–H groups in total. The van der Waals surface area contributed by atoms with Gasteiger partial charge < -0.3 is 9.84 Å². The molecule has 26 heavy (non-hydrogen) atoms. The molecule has 0 aromatic carbocycles. The third-order valence-electron chi connectivity index (χ3n) is 7.07. The zero-order valence-electron chi connectivity index (χ0n) is 16.8. The molecule has 0 aromatic heterocycles. The predicted molar refractivity (Wildman–Crippen MR) is 100 cm³/mol. The van der Waals surface area contributed by atoms with Gasteiger partial charge in [0.05, 0.1) is 12.0 Å². The van der Waals surface area contributed by atoms with E-state index in [1.807, 2.05) is 19.9 Å². The third-order valence-corrected chi connectivity index (χ3v) is 7.07. The minimum atomic E-state index is -1.29. The zero-order valence-corrected chi connectivity index (χ0v) is 16.8. The van der Waals surface area contributed by atoms with E-state index >= 15 is 0 Å². The number of hydrogen-bond acceptors (Lipinski definition) is 4. The first-order valence-electron chi connectivity index (χ1n) is 9.79. The van der Waals surface area contributed by atoms with Gasteiger partial charge in [-0.25, -0.2) is 0 Å². The molecule has 0 spiro atoms. The number of hydrogen-bond donors (Lipinski definition) is 1. The normalized spacial score (nSPS) is 42.0. The molecule has 4 nitrogen and oxygen atoms in total. The largest absolute Gasteiger partial charge is 0.450 e. The van der Waals surface area contributed by atoms with Crippen molar-refractivity contribution in [3.05, 3.63) is 23.3 Å². The average molecular weight is 360 g/mol. The maximum atomic E-state index is 13.5. The lowest BCUT2D eigenvalue weighted by molar-refractivity contribution is -0.167. The van der Waals surface area contributed by atoms with Gasteiger partial charge in [0.2, 0.25) is 5.78 Å². The lowest BCUT2D eigenvalue weighted by Gasteiger charge is -2.33. The van der Waals surface area contributed by atoms with Crippen LogP contribution in [0.1, 0.15) is 60.8 Å². The van der Waals surface area contributed by atoms with Gasteiger partial charge >= 0.3 is 5.97 Å². The highest BCUT2D eigenvalue weighted by Gasteiger charge is 2.60. The maximum absolute atomic E-state index is 13.5. The van der Waals surface area contributed by atoms with Gasteiger partial charge in [0, 0.05) is 13.3 Å². The second-order valence-electron chi connectivity index (χ2n) is 9.37. The Morgan fingerprint density at radius 3 is 2.50 bits per heavy atom. The predicted octanol–water partition coefficient (Wildman–Crippen LogP) is 3.83. The van der Waals surface area contributed by atoms with Gasteiger partial charge in [0.25, 0.3) is 0 Å². The minimum Gasteiger partial charge on any atom is -0.450 e. The van der Waals surface area contributed by atoms with Crippen molar-refractivity contribution < 1.29 is 19.4 Å². The van der Waals surface area contributed by atoms with Crippen LogP contribution in [-0.4, -0.2) is 28.6 Å². The van der Waals surface area contributed by atoms with Crippen LogP contribution in [0.15, 0.2) is 23.3 Å². The van der Waals surface area contributed by atoms with Crippen LogP contribution < -0.4 is 0 Å². The molecule has 3 aliphatic rings. The van der Waals surface area contributed by atoms with Crippen LogP contribution in [0.2, 0.25) is 0 Å². The number of fused-ring (bicyclic) bond motifs is 2. The summed E-state index contributed by atoms with van der Waals surface area (Å²) in [4.78, 5) is 25.4. The van der Waals surface area contributed by atoms with Crippen LogP contribution in [0, 0.1) is 29.1 Å². The summed E-state index contributed by atoms with van der Waals surface area (Å²) in [6.07, 6.45) is 5.79. The van der Waals surface area contributed by atoms with Gasteiger partial charge in [-0.1, -0.05) is 38.5 Å². The van der Waals surface area contributed by atoms with E-state index in [0.717, 1.165) is 18.4 Å². The van der Waals surface area contributed by atoms with Crippen molar-refractivity contribution in [3.8, 4) is 0 Å². The standard InChI is InChI=1S/C22H32O4/c1-12-7-8-16-17(21(16,5)6)10-13(2)20(25)22(26-15(4)23)11-14(3)19(24)18(22)9-12/h9-10,14,16-19,24H,7-8,11H2,1-6H3. The summed E-state index contributed by atoms with van der Waals surface area (Å²) in [5, 5.41) is 10.8. The molecule has 3 aliphatic carbocycles. The Morgan fingerprint density at radius 1 is 1.23 bits per heavy atom. The molecule has 6 unspecified atom stereocenters. The summed E-state index contributed by atoms with van der Waals surface area (Å²) < 4.78 is 5.71. The summed E-state index contributed by atoms with van der Waals surface area (Å²) in [7, 11) is 0. The molecular formula is C22H32O4. The van der Waals surface area contributed by atoms with Gasteiger partial charge in [-0.3, -0.25) is 9.59 Å². The summed E-state index contributed by atoms with van der Waals surface area (Å²) >= 11 is 0. The molecule has 0 saturated heterocycles. The average Bonchev–Trinajstić information content (AvgIpc) is 2.96. The number of allylic oxidation sites excluding steroid dienone is 2. The Bertz CT molecular complexity index is 686. The van der Waals surface area contributed by atoms with E-state index in [9.17, 15) is 14.7 Å². The lowest BCUT2D eigenvalue weighted by Crippen LogP contribution is -2.48. The van der Waals surface area contributed by atoms with E-state index in [1.54, 1.807) is 0 Å². The van der Waals surface area contributed by atoms with Crippen molar-refractivity contribution in [2.75, 3.05) is 0 Å². The van der Waals surface area contributed by atoms with E-state index in [0.29, 0.717) is 23.8 Å². The van der Waals surface area contributed by atoms with Gasteiger partial charge in [-0.2, -0.15) is 0 Å². The van der Waals surface area contributed by atoms with Crippen LogP contribution in [-0.2, 0) is 14.3 Å². The Labute approximate surface area is 156 Å². The zero-order chi connectivity index (χ0) is 19.4. The van der Waals surface area contributed by atoms with Crippen LogP contribution >= 0.6 is 0 Å². The molecule has 0 bridgehead atoms. The number of ether oxygens (including phenoxy) is 1. The van der Waals surface area contributed by atoms with Crippen molar-refractivity contribution >= 4 is 11.8 Å². The van der Waals surface area contributed by atoms with Crippen molar-refractivity contribution in [1.82, 2.24) is 0 Å². The molecule has 0 aliphatic heterocycles.